The first-order valence-corrected chi connectivity index (χ1v) is 12.2. The van der Waals surface area contributed by atoms with Gasteiger partial charge in [0.05, 0.1) is 18.6 Å². The molecule has 0 aliphatic carbocycles. The van der Waals surface area contributed by atoms with Crippen molar-refractivity contribution in [2.75, 3.05) is 24.1 Å². The van der Waals surface area contributed by atoms with Gasteiger partial charge in [-0.15, -0.1) is 0 Å². The normalized spacial score (nSPS) is 15.1. The number of methoxy groups -OCH3 is 1. The van der Waals surface area contributed by atoms with Gasteiger partial charge in [-0.25, -0.2) is 16.8 Å². The molecule has 1 aliphatic heterocycles. The number of nitrogens with one attached hydrogen (secondary N) is 1. The second kappa shape index (κ2) is 8.10. The molecule has 28 heavy (non-hydrogen) atoms. The molecule has 1 heterocycles. The minimum Gasteiger partial charge on any atom is -0.497 e. The highest BCUT2D eigenvalue weighted by atomic mass is 32.2. The second-order valence-corrected chi connectivity index (χ2v) is 10.7. The molecule has 1 aliphatic rings. The Balaban J connectivity index is 1.77. The van der Waals surface area contributed by atoms with Crippen molar-refractivity contribution in [1.29, 1.82) is 0 Å². The van der Waals surface area contributed by atoms with Crippen LogP contribution in [0.25, 0.3) is 0 Å². The SMILES string of the molecule is CCS(=O)(=O)N1CCc2ccc(NS(=O)(=O)Cc3cccc(OC)c3)cc2C1. The number of hydrogen-bond acceptors (Lipinski definition) is 5. The molecule has 0 spiro atoms. The van der Waals surface area contributed by atoms with E-state index in [-0.39, 0.29) is 18.1 Å². The van der Waals surface area contributed by atoms with Gasteiger partial charge in [0.25, 0.3) is 0 Å². The minimum atomic E-state index is -3.62. The summed E-state index contributed by atoms with van der Waals surface area (Å²) in [5.74, 6) is 0.464. The van der Waals surface area contributed by atoms with Crippen LogP contribution in [0.3, 0.4) is 0 Å². The van der Waals surface area contributed by atoms with E-state index in [0.29, 0.717) is 30.0 Å². The van der Waals surface area contributed by atoms with Gasteiger partial charge in [-0.3, -0.25) is 4.72 Å². The summed E-state index contributed by atoms with van der Waals surface area (Å²) in [5, 5.41) is 0. The molecule has 0 saturated heterocycles. The molecular formula is C19H24N2O5S2. The summed E-state index contributed by atoms with van der Waals surface area (Å²) in [6.45, 7) is 2.33. The van der Waals surface area contributed by atoms with E-state index < -0.39 is 20.0 Å². The quantitative estimate of drug-likeness (QED) is 0.736. The fourth-order valence-corrected chi connectivity index (χ4v) is 5.46. The van der Waals surface area contributed by atoms with Crippen LogP contribution in [0.5, 0.6) is 5.75 Å². The second-order valence-electron chi connectivity index (χ2n) is 6.68. The van der Waals surface area contributed by atoms with Crippen LogP contribution in [0.15, 0.2) is 42.5 Å². The van der Waals surface area contributed by atoms with Gasteiger partial charge < -0.3 is 4.74 Å². The Labute approximate surface area is 166 Å². The topological polar surface area (TPSA) is 92.8 Å². The van der Waals surface area contributed by atoms with Crippen LogP contribution in [0, 0.1) is 0 Å². The van der Waals surface area contributed by atoms with Gasteiger partial charge >= 0.3 is 0 Å². The van der Waals surface area contributed by atoms with Crippen molar-refractivity contribution in [1.82, 2.24) is 4.31 Å². The van der Waals surface area contributed by atoms with Crippen molar-refractivity contribution < 1.29 is 21.6 Å². The molecule has 1 N–H and O–H groups in total. The van der Waals surface area contributed by atoms with Gasteiger partial charge in [-0.05, 0) is 54.3 Å². The van der Waals surface area contributed by atoms with Crippen molar-refractivity contribution in [3.8, 4) is 5.75 Å². The van der Waals surface area contributed by atoms with Gasteiger partial charge in [-0.1, -0.05) is 18.2 Å². The summed E-state index contributed by atoms with van der Waals surface area (Å²) in [6, 6.07) is 12.2. The molecule has 152 valence electrons. The smallest absolute Gasteiger partial charge is 0.236 e. The fraction of sp³-hybridized carbons (Fsp3) is 0.368. The summed E-state index contributed by atoms with van der Waals surface area (Å²) in [5.41, 5.74) is 2.91. The zero-order valence-corrected chi connectivity index (χ0v) is 17.5. The molecule has 3 rings (SSSR count). The first-order chi connectivity index (χ1) is 13.2. The summed E-state index contributed by atoms with van der Waals surface area (Å²) < 4.78 is 58.5. The highest BCUT2D eigenvalue weighted by Crippen LogP contribution is 2.25. The van der Waals surface area contributed by atoms with Crippen LogP contribution in [0.1, 0.15) is 23.6 Å². The number of anilines is 1. The van der Waals surface area contributed by atoms with Crippen LogP contribution in [0.4, 0.5) is 5.69 Å². The summed E-state index contributed by atoms with van der Waals surface area (Å²) >= 11 is 0. The number of ether oxygens (including phenoxy) is 1. The fourth-order valence-electron chi connectivity index (χ4n) is 3.21. The van der Waals surface area contributed by atoms with Gasteiger partial charge in [0, 0.05) is 18.8 Å². The van der Waals surface area contributed by atoms with E-state index in [9.17, 15) is 16.8 Å². The van der Waals surface area contributed by atoms with E-state index in [2.05, 4.69) is 4.72 Å². The number of hydrogen-bond donors (Lipinski definition) is 1. The van der Waals surface area contributed by atoms with E-state index >= 15 is 0 Å². The molecule has 7 nitrogen and oxygen atoms in total. The molecule has 2 aromatic rings. The summed E-state index contributed by atoms with van der Waals surface area (Å²) in [4.78, 5) is 0. The molecule has 0 radical (unpaired) electrons. The van der Waals surface area contributed by atoms with Crippen LogP contribution in [-0.2, 0) is 38.8 Å². The first-order valence-electron chi connectivity index (χ1n) is 8.95. The van der Waals surface area contributed by atoms with E-state index in [0.717, 1.165) is 11.1 Å². The Hall–Kier alpha value is -2.10. The Morgan fingerprint density at radius 2 is 1.86 bits per heavy atom. The minimum absolute atomic E-state index is 0.0508. The van der Waals surface area contributed by atoms with Crippen molar-refractivity contribution >= 4 is 25.7 Å². The van der Waals surface area contributed by atoms with Gasteiger partial charge in [0.2, 0.25) is 20.0 Å². The van der Waals surface area contributed by atoms with E-state index in [4.69, 9.17) is 4.74 Å². The standard InChI is InChI=1S/C19H24N2O5S2/c1-3-28(24,25)21-10-9-16-7-8-18(12-17(16)13-21)20-27(22,23)14-15-5-4-6-19(11-15)26-2/h4-8,11-12,20H,3,9-10,13-14H2,1-2H3. The van der Waals surface area contributed by atoms with E-state index in [1.807, 2.05) is 6.07 Å². The third kappa shape index (κ3) is 4.84. The molecule has 0 atom stereocenters. The molecule has 0 unspecified atom stereocenters. The van der Waals surface area contributed by atoms with Crippen molar-refractivity contribution in [2.24, 2.45) is 0 Å². The Morgan fingerprint density at radius 3 is 2.57 bits per heavy atom. The number of benzene rings is 2. The van der Waals surface area contributed by atoms with E-state index in [1.165, 1.54) is 11.4 Å². The Kier molecular flexibility index (Phi) is 5.97. The monoisotopic (exact) mass is 424 g/mol. The third-order valence-corrected chi connectivity index (χ3v) is 7.79. The predicted molar refractivity (Wildman–Crippen MR) is 109 cm³/mol. The van der Waals surface area contributed by atoms with Crippen LogP contribution in [0.2, 0.25) is 0 Å². The van der Waals surface area contributed by atoms with Crippen LogP contribution >= 0.6 is 0 Å². The van der Waals surface area contributed by atoms with E-state index in [1.54, 1.807) is 43.3 Å². The number of sulfonamides is 2. The number of fused-ring (bicyclic) bond motifs is 1. The van der Waals surface area contributed by atoms with Crippen molar-refractivity contribution in [3.05, 3.63) is 59.2 Å². The van der Waals surface area contributed by atoms with Crippen LogP contribution < -0.4 is 9.46 Å². The maximum atomic E-state index is 12.5. The summed E-state index contributed by atoms with van der Waals surface area (Å²) in [7, 11) is -5.37. The zero-order valence-electron chi connectivity index (χ0n) is 15.9. The van der Waals surface area contributed by atoms with Crippen molar-refractivity contribution in [3.63, 3.8) is 0 Å². The number of rotatable bonds is 7. The summed E-state index contributed by atoms with van der Waals surface area (Å²) in [6.07, 6.45) is 0.616. The molecule has 2 aromatic carbocycles. The molecule has 0 amide bonds. The van der Waals surface area contributed by atoms with Gasteiger partial charge in [-0.2, -0.15) is 4.31 Å². The molecule has 0 bridgehead atoms. The highest BCUT2D eigenvalue weighted by Gasteiger charge is 2.25. The third-order valence-electron chi connectivity index (χ3n) is 4.71. The van der Waals surface area contributed by atoms with Gasteiger partial charge in [0.15, 0.2) is 0 Å². The molecule has 0 aromatic heterocycles. The molecule has 0 fully saturated rings. The maximum absolute atomic E-state index is 12.5. The van der Waals surface area contributed by atoms with Crippen molar-refractivity contribution in [2.45, 2.75) is 25.6 Å². The molecular weight excluding hydrogens is 400 g/mol. The molecule has 0 saturated carbocycles. The Morgan fingerprint density at radius 1 is 1.07 bits per heavy atom. The largest absolute Gasteiger partial charge is 0.497 e. The lowest BCUT2D eigenvalue weighted by atomic mass is 10.0. The highest BCUT2D eigenvalue weighted by molar-refractivity contribution is 7.91. The molecule has 9 heteroatoms. The lowest BCUT2D eigenvalue weighted by Crippen LogP contribution is -2.36. The maximum Gasteiger partial charge on any atom is 0.236 e. The lowest BCUT2D eigenvalue weighted by molar-refractivity contribution is 0.392. The lowest BCUT2D eigenvalue weighted by Gasteiger charge is -2.28. The first kappa shape index (κ1) is 20.6. The predicted octanol–water partition coefficient (Wildman–Crippen LogP) is 2.34. The van der Waals surface area contributed by atoms with Gasteiger partial charge in [0.1, 0.15) is 5.75 Å². The number of nitrogens with zero attached hydrogens (tertiary/aromatic N) is 1. The average molecular weight is 425 g/mol. The Bertz CT molecular complexity index is 1070. The zero-order chi connectivity index (χ0) is 20.4. The van der Waals surface area contributed by atoms with Crippen LogP contribution in [-0.4, -0.2) is 40.5 Å². The average Bonchev–Trinajstić information content (AvgIpc) is 2.66.